The molecule has 0 rings (SSSR count). The highest BCUT2D eigenvalue weighted by molar-refractivity contribution is 5.15. The van der Waals surface area contributed by atoms with Crippen LogP contribution in [0.5, 0.6) is 0 Å². The minimum Gasteiger partial charge on any atom is -0.399 e. The molecule has 0 amide bonds. The van der Waals surface area contributed by atoms with Crippen molar-refractivity contribution in [1.82, 2.24) is 0 Å². The molecule has 1 nitrogen and oxygen atoms in total. The third-order valence-electron chi connectivity index (χ3n) is 0.614. The van der Waals surface area contributed by atoms with Crippen molar-refractivity contribution in [3.63, 3.8) is 0 Å². The molecule has 0 saturated carbocycles. The summed E-state index contributed by atoms with van der Waals surface area (Å²) >= 11 is 0. The summed E-state index contributed by atoms with van der Waals surface area (Å²) in [6.45, 7) is 13.4. The van der Waals surface area contributed by atoms with Crippen molar-refractivity contribution in [2.75, 3.05) is 0 Å². The molecule has 1 heteroatoms. The maximum absolute atomic E-state index is 5.22. The first-order valence-corrected chi connectivity index (χ1v) is 4.51. The molecule has 0 aromatic carbocycles. The van der Waals surface area contributed by atoms with Crippen molar-refractivity contribution < 1.29 is 0 Å². The Kier molecular flexibility index (Phi) is 32.2. The number of nitrogens with two attached hydrogens (primary N) is 1. The van der Waals surface area contributed by atoms with Crippen LogP contribution >= 0.6 is 0 Å². The Hall–Kier alpha value is -0.980. The fourth-order valence-corrected chi connectivity index (χ4v) is 0.290. The SMILES string of the molecule is C=C(N)/C=C\C=C/C.CC.CC. The second-order valence-electron chi connectivity index (χ2n) is 1.46. The maximum Gasteiger partial charge on any atom is 0.0240 e. The van der Waals surface area contributed by atoms with Crippen molar-refractivity contribution in [1.29, 1.82) is 0 Å². The van der Waals surface area contributed by atoms with Gasteiger partial charge >= 0.3 is 0 Å². The van der Waals surface area contributed by atoms with Crippen LogP contribution in [0.2, 0.25) is 0 Å². The average molecular weight is 169 g/mol. The molecule has 2 N–H and O–H groups in total. The predicted molar refractivity (Wildman–Crippen MR) is 60.0 cm³/mol. The molecule has 0 aliphatic rings. The summed E-state index contributed by atoms with van der Waals surface area (Å²) in [5.74, 6) is 0. The molecule has 72 valence electrons. The molecule has 0 atom stereocenters. The summed E-state index contributed by atoms with van der Waals surface area (Å²) in [6.07, 6.45) is 7.43. The molecule has 0 saturated heterocycles. The molecule has 12 heavy (non-hydrogen) atoms. The van der Waals surface area contributed by atoms with E-state index in [1.54, 1.807) is 6.08 Å². The molecule has 0 aliphatic heterocycles. The lowest BCUT2D eigenvalue weighted by Gasteiger charge is -1.79. The van der Waals surface area contributed by atoms with Gasteiger partial charge in [-0.2, -0.15) is 0 Å². The number of rotatable bonds is 2. The fraction of sp³-hybridized carbons (Fsp3) is 0.455. The first-order valence-electron chi connectivity index (χ1n) is 4.51. The topological polar surface area (TPSA) is 26.0 Å². The second kappa shape index (κ2) is 22.5. The van der Waals surface area contributed by atoms with E-state index in [2.05, 4.69) is 6.58 Å². The van der Waals surface area contributed by atoms with Gasteiger partial charge in [0.15, 0.2) is 0 Å². The first kappa shape index (κ1) is 17.2. The Morgan fingerprint density at radius 3 is 1.75 bits per heavy atom. The monoisotopic (exact) mass is 169 g/mol. The normalized spacial score (nSPS) is 8.42. The van der Waals surface area contributed by atoms with Crippen molar-refractivity contribution >= 4 is 0 Å². The van der Waals surface area contributed by atoms with Gasteiger partial charge in [-0.15, -0.1) is 0 Å². The number of hydrogen-bond donors (Lipinski definition) is 1. The van der Waals surface area contributed by atoms with E-state index >= 15 is 0 Å². The minimum atomic E-state index is 0.586. The van der Waals surface area contributed by atoms with E-state index in [4.69, 9.17) is 5.73 Å². The lowest BCUT2D eigenvalue weighted by molar-refractivity contribution is 1.45. The van der Waals surface area contributed by atoms with Crippen molar-refractivity contribution in [2.45, 2.75) is 34.6 Å². The number of hydrogen-bond acceptors (Lipinski definition) is 1. The summed E-state index contributed by atoms with van der Waals surface area (Å²) in [7, 11) is 0. The van der Waals surface area contributed by atoms with Gasteiger partial charge in [-0.1, -0.05) is 52.5 Å². The van der Waals surface area contributed by atoms with E-state index in [-0.39, 0.29) is 0 Å². The highest BCUT2D eigenvalue weighted by Crippen LogP contribution is 1.81. The summed E-state index contributed by atoms with van der Waals surface area (Å²) in [5.41, 5.74) is 5.80. The van der Waals surface area contributed by atoms with Gasteiger partial charge in [-0.05, 0) is 13.0 Å². The molecule has 0 spiro atoms. The molecule has 0 aromatic heterocycles. The molecule has 0 aliphatic carbocycles. The van der Waals surface area contributed by atoms with Crippen LogP contribution in [0.1, 0.15) is 34.6 Å². The zero-order chi connectivity index (χ0) is 10.4. The van der Waals surface area contributed by atoms with Crippen LogP contribution in [0, 0.1) is 0 Å². The first-order chi connectivity index (χ1) is 5.77. The van der Waals surface area contributed by atoms with E-state index in [0.717, 1.165) is 0 Å². The molecular formula is C11H23N. The van der Waals surface area contributed by atoms with E-state index in [0.29, 0.717) is 5.70 Å². The second-order valence-corrected chi connectivity index (χ2v) is 1.46. The van der Waals surface area contributed by atoms with Crippen LogP contribution in [0.3, 0.4) is 0 Å². The molecule has 0 fully saturated rings. The van der Waals surface area contributed by atoms with Gasteiger partial charge in [-0.25, -0.2) is 0 Å². The van der Waals surface area contributed by atoms with E-state index in [1.807, 2.05) is 52.8 Å². The number of allylic oxidation sites excluding steroid dienone is 4. The zero-order valence-electron chi connectivity index (χ0n) is 9.09. The molecule has 0 radical (unpaired) electrons. The van der Waals surface area contributed by atoms with Crippen LogP contribution in [0.15, 0.2) is 36.6 Å². The Balaban J connectivity index is -0.000000175. The average Bonchev–Trinajstić information content (AvgIpc) is 2.12. The summed E-state index contributed by atoms with van der Waals surface area (Å²) in [5, 5.41) is 0. The van der Waals surface area contributed by atoms with Gasteiger partial charge in [0.05, 0.1) is 0 Å². The highest BCUT2D eigenvalue weighted by atomic mass is 14.5. The van der Waals surface area contributed by atoms with Crippen molar-refractivity contribution in [3.05, 3.63) is 36.6 Å². The maximum atomic E-state index is 5.22. The van der Waals surface area contributed by atoms with Crippen molar-refractivity contribution in [3.8, 4) is 0 Å². The van der Waals surface area contributed by atoms with Crippen LogP contribution < -0.4 is 5.73 Å². The van der Waals surface area contributed by atoms with Crippen LogP contribution in [-0.4, -0.2) is 0 Å². The van der Waals surface area contributed by atoms with Gasteiger partial charge in [0, 0.05) is 5.70 Å². The molecule has 0 heterocycles. The van der Waals surface area contributed by atoms with Crippen LogP contribution in [-0.2, 0) is 0 Å². The van der Waals surface area contributed by atoms with Crippen molar-refractivity contribution in [2.24, 2.45) is 5.73 Å². The zero-order valence-corrected chi connectivity index (χ0v) is 9.09. The van der Waals surface area contributed by atoms with Gasteiger partial charge in [0.1, 0.15) is 0 Å². The molecule has 0 unspecified atom stereocenters. The lowest BCUT2D eigenvalue weighted by atomic mass is 10.4. The van der Waals surface area contributed by atoms with Gasteiger partial charge in [0.2, 0.25) is 0 Å². The van der Waals surface area contributed by atoms with Crippen LogP contribution in [0.25, 0.3) is 0 Å². The molecule has 0 aromatic rings. The summed E-state index contributed by atoms with van der Waals surface area (Å²) < 4.78 is 0. The Morgan fingerprint density at radius 2 is 1.50 bits per heavy atom. The van der Waals surface area contributed by atoms with Gasteiger partial charge < -0.3 is 5.73 Å². The quantitative estimate of drug-likeness (QED) is 0.627. The Labute approximate surface area is 77.7 Å². The highest BCUT2D eigenvalue weighted by Gasteiger charge is 1.66. The minimum absolute atomic E-state index is 0.586. The van der Waals surface area contributed by atoms with Gasteiger partial charge in [-0.3, -0.25) is 0 Å². The Morgan fingerprint density at radius 1 is 1.08 bits per heavy atom. The van der Waals surface area contributed by atoms with E-state index < -0.39 is 0 Å². The predicted octanol–water partition coefficient (Wildman–Crippen LogP) is 3.64. The van der Waals surface area contributed by atoms with Crippen LogP contribution in [0.4, 0.5) is 0 Å². The molecule has 0 bridgehead atoms. The lowest BCUT2D eigenvalue weighted by Crippen LogP contribution is -1.87. The Bertz CT molecular complexity index is 121. The smallest absolute Gasteiger partial charge is 0.0240 e. The molecular weight excluding hydrogens is 146 g/mol. The summed E-state index contributed by atoms with van der Waals surface area (Å²) in [6, 6.07) is 0. The van der Waals surface area contributed by atoms with Gasteiger partial charge in [0.25, 0.3) is 0 Å². The largest absolute Gasteiger partial charge is 0.399 e. The van der Waals surface area contributed by atoms with E-state index in [1.165, 1.54) is 0 Å². The third-order valence-corrected chi connectivity index (χ3v) is 0.614. The summed E-state index contributed by atoms with van der Waals surface area (Å²) in [4.78, 5) is 0. The van der Waals surface area contributed by atoms with E-state index in [9.17, 15) is 0 Å². The fourth-order valence-electron chi connectivity index (χ4n) is 0.290. The third kappa shape index (κ3) is 35.9. The standard InChI is InChI=1S/C7H11N.2C2H6/c1-3-4-5-6-7(2)8;2*1-2/h3-6H,2,8H2,1H3;2*1-2H3/b4-3-,6-5-;;.